The number of ether oxygens (including phenoxy) is 2. The summed E-state index contributed by atoms with van der Waals surface area (Å²) in [5.74, 6) is 2.12. The number of likely N-dealkylation sites (tertiary alicyclic amines) is 1. The van der Waals surface area contributed by atoms with Crippen LogP contribution in [0.3, 0.4) is 0 Å². The van der Waals surface area contributed by atoms with Crippen LogP contribution in [-0.4, -0.2) is 83.3 Å². The van der Waals surface area contributed by atoms with Gasteiger partial charge in [0.1, 0.15) is 23.9 Å². The second-order valence-electron chi connectivity index (χ2n) is 10.9. The Labute approximate surface area is 207 Å². The Morgan fingerprint density at radius 1 is 1.31 bits per heavy atom. The second kappa shape index (κ2) is 9.70. The lowest BCUT2D eigenvalue weighted by atomic mass is 10.1. The number of rotatable bonds is 8. The van der Waals surface area contributed by atoms with Gasteiger partial charge >= 0.3 is 0 Å². The smallest absolute Gasteiger partial charge is 0.239 e. The average molecular weight is 481 g/mol. The molecule has 5 rings (SSSR count). The van der Waals surface area contributed by atoms with E-state index in [0.29, 0.717) is 30.3 Å². The Kier molecular flexibility index (Phi) is 6.63. The van der Waals surface area contributed by atoms with Crippen molar-refractivity contribution in [1.82, 2.24) is 25.2 Å². The van der Waals surface area contributed by atoms with E-state index in [9.17, 15) is 4.79 Å². The highest BCUT2D eigenvalue weighted by Crippen LogP contribution is 2.31. The van der Waals surface area contributed by atoms with Gasteiger partial charge in [-0.2, -0.15) is 0 Å². The first-order valence-electron chi connectivity index (χ1n) is 12.6. The first kappa shape index (κ1) is 23.9. The van der Waals surface area contributed by atoms with Crippen LogP contribution in [0.2, 0.25) is 0 Å². The van der Waals surface area contributed by atoms with Crippen molar-refractivity contribution in [2.45, 2.75) is 64.1 Å². The molecule has 2 aromatic heterocycles. The van der Waals surface area contributed by atoms with Crippen LogP contribution in [0.15, 0.2) is 18.3 Å². The van der Waals surface area contributed by atoms with Gasteiger partial charge in [0.25, 0.3) is 0 Å². The normalized spacial score (nSPS) is 21.3. The number of hydrogen-bond acceptors (Lipinski definition) is 8. The number of amides is 1. The highest BCUT2D eigenvalue weighted by atomic mass is 16.5. The summed E-state index contributed by atoms with van der Waals surface area (Å²) < 4.78 is 11.7. The molecular weight excluding hydrogens is 444 g/mol. The van der Waals surface area contributed by atoms with Crippen LogP contribution in [0.1, 0.15) is 44.9 Å². The standard InChI is InChI=1S/C26H36N6O3/c1-26(2,3)30-23(33)15-31(4)25-20-6-5-7-21(20)28-24(29-25)22-13-18(8-9-27-22)34-11-10-32-14-19-12-17(32)16-35-19/h8-9,13,17,19H,5-7,10-12,14-16H2,1-4H3,(H,30,33)/t17-,19-/m1/s1. The predicted octanol–water partition coefficient (Wildman–Crippen LogP) is 2.23. The molecule has 2 aliphatic heterocycles. The van der Waals surface area contributed by atoms with Gasteiger partial charge in [-0.25, -0.2) is 9.97 Å². The van der Waals surface area contributed by atoms with Crippen molar-refractivity contribution in [3.63, 3.8) is 0 Å². The summed E-state index contributed by atoms with van der Waals surface area (Å²) >= 11 is 0. The zero-order valence-electron chi connectivity index (χ0n) is 21.2. The molecule has 0 spiro atoms. The molecule has 2 bridgehead atoms. The Bertz CT molecular complexity index is 1090. The molecule has 2 saturated heterocycles. The maximum absolute atomic E-state index is 12.5. The number of carbonyl (C=O) groups excluding carboxylic acids is 1. The number of aryl methyl sites for hydroxylation is 1. The topological polar surface area (TPSA) is 92.7 Å². The minimum atomic E-state index is -0.275. The number of fused-ring (bicyclic) bond motifs is 3. The van der Waals surface area contributed by atoms with Crippen LogP contribution in [-0.2, 0) is 22.4 Å². The van der Waals surface area contributed by atoms with Crippen LogP contribution in [0.4, 0.5) is 5.82 Å². The molecule has 9 nitrogen and oxygen atoms in total. The van der Waals surface area contributed by atoms with E-state index in [-0.39, 0.29) is 18.0 Å². The van der Waals surface area contributed by atoms with E-state index in [0.717, 1.165) is 68.2 Å². The molecule has 1 aliphatic carbocycles. The summed E-state index contributed by atoms with van der Waals surface area (Å²) in [4.78, 5) is 31.2. The van der Waals surface area contributed by atoms with Gasteiger partial charge in [-0.15, -0.1) is 0 Å². The fourth-order valence-corrected chi connectivity index (χ4v) is 5.25. The number of morpholine rings is 1. The molecule has 35 heavy (non-hydrogen) atoms. The van der Waals surface area contributed by atoms with Crippen LogP contribution in [0, 0.1) is 0 Å². The average Bonchev–Trinajstić information content (AvgIpc) is 3.54. The predicted molar refractivity (Wildman–Crippen MR) is 134 cm³/mol. The molecule has 0 radical (unpaired) electrons. The third-order valence-electron chi connectivity index (χ3n) is 6.79. The Morgan fingerprint density at radius 2 is 2.17 bits per heavy atom. The molecular formula is C26H36N6O3. The van der Waals surface area contributed by atoms with Gasteiger partial charge < -0.3 is 19.7 Å². The minimum Gasteiger partial charge on any atom is -0.492 e. The van der Waals surface area contributed by atoms with E-state index in [1.807, 2.05) is 44.9 Å². The fourth-order valence-electron chi connectivity index (χ4n) is 5.25. The van der Waals surface area contributed by atoms with Gasteiger partial charge in [-0.05, 0) is 52.5 Å². The quantitative estimate of drug-likeness (QED) is 0.615. The zero-order chi connectivity index (χ0) is 24.6. The van der Waals surface area contributed by atoms with Gasteiger partial charge in [0, 0.05) is 55.2 Å². The molecule has 2 atom stereocenters. The van der Waals surface area contributed by atoms with Crippen LogP contribution < -0.4 is 15.0 Å². The van der Waals surface area contributed by atoms with Crippen molar-refractivity contribution in [1.29, 1.82) is 0 Å². The molecule has 9 heteroatoms. The summed E-state index contributed by atoms with van der Waals surface area (Å²) in [5, 5.41) is 3.03. The molecule has 0 aromatic carbocycles. The van der Waals surface area contributed by atoms with Crippen molar-refractivity contribution in [2.75, 3.05) is 44.8 Å². The Morgan fingerprint density at radius 3 is 2.91 bits per heavy atom. The number of anilines is 1. The Hall–Kier alpha value is -2.78. The number of likely N-dealkylation sites (N-methyl/N-ethyl adjacent to an activating group) is 1. The monoisotopic (exact) mass is 480 g/mol. The molecule has 4 heterocycles. The lowest BCUT2D eigenvalue weighted by molar-refractivity contribution is -0.121. The first-order valence-corrected chi connectivity index (χ1v) is 12.6. The lowest BCUT2D eigenvalue weighted by Crippen LogP contribution is -2.45. The van der Waals surface area contributed by atoms with E-state index < -0.39 is 0 Å². The number of nitrogens with zero attached hydrogens (tertiary/aromatic N) is 5. The SMILES string of the molecule is CN(CC(=O)NC(C)(C)C)c1nc(-c2cc(OCCN3C[C@H]4C[C@@H]3CO4)ccn2)nc2c1CCC2. The van der Waals surface area contributed by atoms with Crippen LogP contribution in [0.5, 0.6) is 5.75 Å². The molecule has 188 valence electrons. The highest BCUT2D eigenvalue weighted by Gasteiger charge is 2.38. The molecule has 1 amide bonds. The maximum Gasteiger partial charge on any atom is 0.239 e. The summed E-state index contributed by atoms with van der Waals surface area (Å²) in [6.45, 7) is 9.54. The fraction of sp³-hybridized carbons (Fsp3) is 0.615. The summed E-state index contributed by atoms with van der Waals surface area (Å²) in [7, 11) is 1.91. The number of carbonyl (C=O) groups is 1. The van der Waals surface area contributed by atoms with Gasteiger partial charge in [0.2, 0.25) is 5.91 Å². The van der Waals surface area contributed by atoms with Gasteiger partial charge in [0.15, 0.2) is 5.82 Å². The summed E-state index contributed by atoms with van der Waals surface area (Å²) in [5.41, 5.74) is 2.59. The van der Waals surface area contributed by atoms with Crippen LogP contribution >= 0.6 is 0 Å². The van der Waals surface area contributed by atoms with Crippen molar-refractivity contribution in [2.24, 2.45) is 0 Å². The number of pyridine rings is 1. The van der Waals surface area contributed by atoms with E-state index in [1.165, 1.54) is 0 Å². The lowest BCUT2D eigenvalue weighted by Gasteiger charge is -2.26. The van der Waals surface area contributed by atoms with Crippen molar-refractivity contribution in [3.05, 3.63) is 29.6 Å². The van der Waals surface area contributed by atoms with Crippen molar-refractivity contribution < 1.29 is 14.3 Å². The number of aromatic nitrogens is 3. The molecule has 2 aromatic rings. The van der Waals surface area contributed by atoms with Gasteiger partial charge in [0.05, 0.1) is 19.3 Å². The third-order valence-corrected chi connectivity index (χ3v) is 6.79. The van der Waals surface area contributed by atoms with Gasteiger partial charge in [-0.3, -0.25) is 14.7 Å². The molecule has 3 aliphatic rings. The van der Waals surface area contributed by atoms with E-state index in [2.05, 4.69) is 15.2 Å². The molecule has 0 saturated carbocycles. The minimum absolute atomic E-state index is 0.0294. The molecule has 1 N–H and O–H groups in total. The van der Waals surface area contributed by atoms with E-state index in [1.54, 1.807) is 6.20 Å². The largest absolute Gasteiger partial charge is 0.492 e. The Balaban J connectivity index is 1.29. The second-order valence-corrected chi connectivity index (χ2v) is 10.9. The highest BCUT2D eigenvalue weighted by molar-refractivity contribution is 5.82. The number of nitrogens with one attached hydrogen (secondary N) is 1. The van der Waals surface area contributed by atoms with Gasteiger partial charge in [-0.1, -0.05) is 0 Å². The zero-order valence-corrected chi connectivity index (χ0v) is 21.2. The van der Waals surface area contributed by atoms with Crippen molar-refractivity contribution in [3.8, 4) is 17.3 Å². The summed E-state index contributed by atoms with van der Waals surface area (Å²) in [6, 6.07) is 4.32. The summed E-state index contributed by atoms with van der Waals surface area (Å²) in [6.07, 6.45) is 6.17. The van der Waals surface area contributed by atoms with Crippen molar-refractivity contribution >= 4 is 11.7 Å². The number of hydrogen-bond donors (Lipinski definition) is 1. The third kappa shape index (κ3) is 5.56. The first-order chi connectivity index (χ1) is 16.7. The molecule has 0 unspecified atom stereocenters. The maximum atomic E-state index is 12.5. The molecule has 2 fully saturated rings. The van der Waals surface area contributed by atoms with Crippen LogP contribution in [0.25, 0.3) is 11.5 Å². The van der Waals surface area contributed by atoms with E-state index >= 15 is 0 Å². The van der Waals surface area contributed by atoms with E-state index in [4.69, 9.17) is 19.4 Å².